The zero-order chi connectivity index (χ0) is 7.78. The minimum atomic E-state index is -4.24. The zero-order valence-corrected chi connectivity index (χ0v) is 11.9. The summed E-state index contributed by atoms with van der Waals surface area (Å²) in [6, 6.07) is 2.80. The third-order valence-corrected chi connectivity index (χ3v) is 3.70. The van der Waals surface area contributed by atoms with E-state index in [-0.39, 0.29) is 55.6 Å². The van der Waals surface area contributed by atoms with E-state index in [0.29, 0.717) is 3.79 Å². The van der Waals surface area contributed by atoms with Gasteiger partial charge in [-0.2, -0.15) is 0 Å². The summed E-state index contributed by atoms with van der Waals surface area (Å²) in [5.41, 5.74) is 0. The van der Waals surface area contributed by atoms with Crippen molar-refractivity contribution in [3.63, 3.8) is 0 Å². The minimum absolute atomic E-state index is 0. The van der Waals surface area contributed by atoms with Crippen LogP contribution in [-0.4, -0.2) is 13.0 Å². The van der Waals surface area contributed by atoms with E-state index in [1.54, 1.807) is 0 Å². The summed E-state index contributed by atoms with van der Waals surface area (Å²) in [4.78, 5) is 0. The Bertz CT molecular complexity index is 331. The van der Waals surface area contributed by atoms with Gasteiger partial charge in [0.25, 0.3) is 0 Å². The predicted molar refractivity (Wildman–Crippen MR) is 40.0 cm³/mol. The Morgan fingerprint density at radius 1 is 1.45 bits per heavy atom. The second kappa shape index (κ2) is 4.82. The first kappa shape index (κ1) is 12.7. The summed E-state index contributed by atoms with van der Waals surface area (Å²) in [6.07, 6.45) is 0. The Hall–Kier alpha value is 1.73. The van der Waals surface area contributed by atoms with Crippen molar-refractivity contribution in [2.45, 2.75) is 4.21 Å². The van der Waals surface area contributed by atoms with Crippen LogP contribution in [0.25, 0.3) is 0 Å². The van der Waals surface area contributed by atoms with Crippen LogP contribution in [-0.2, 0) is 10.1 Å². The molecular formula is C4H2BrKO3S2. The van der Waals surface area contributed by atoms with E-state index in [0.717, 1.165) is 11.3 Å². The van der Waals surface area contributed by atoms with Crippen molar-refractivity contribution in [1.82, 2.24) is 0 Å². The van der Waals surface area contributed by atoms with Gasteiger partial charge in [0.1, 0.15) is 14.3 Å². The summed E-state index contributed by atoms with van der Waals surface area (Å²) in [5, 5.41) is 0. The molecule has 0 unspecified atom stereocenters. The van der Waals surface area contributed by atoms with Crippen LogP contribution in [0.1, 0.15) is 0 Å². The van der Waals surface area contributed by atoms with Crippen molar-refractivity contribution >= 4 is 37.4 Å². The van der Waals surface area contributed by atoms with E-state index >= 15 is 0 Å². The Balaban J connectivity index is 0.000001000. The molecule has 0 spiro atoms. The molecule has 0 aliphatic rings. The minimum Gasteiger partial charge on any atom is -0.743 e. The first-order chi connectivity index (χ1) is 4.50. The maximum absolute atomic E-state index is 10.3. The molecule has 0 N–H and O–H groups in total. The van der Waals surface area contributed by atoms with Crippen molar-refractivity contribution in [2.75, 3.05) is 0 Å². The van der Waals surface area contributed by atoms with Crippen LogP contribution >= 0.6 is 27.3 Å². The third-order valence-electron chi connectivity index (χ3n) is 0.795. The van der Waals surface area contributed by atoms with Crippen LogP contribution in [0.15, 0.2) is 20.1 Å². The molecule has 1 rings (SSSR count). The molecule has 0 aliphatic heterocycles. The number of hydrogen-bond acceptors (Lipinski definition) is 4. The van der Waals surface area contributed by atoms with E-state index in [1.807, 2.05) is 0 Å². The Kier molecular flexibility index (Phi) is 5.58. The van der Waals surface area contributed by atoms with Crippen LogP contribution < -0.4 is 51.4 Å². The standard InChI is InChI=1S/C4H3BrO3S2.K/c5-3-1-2-4(9-3)10(6,7)8;/h1-2H,(H,6,7,8);/q;+1/p-1. The normalized spacial score (nSPS) is 10.7. The number of thiophene rings is 1. The smallest absolute Gasteiger partial charge is 0.743 e. The van der Waals surface area contributed by atoms with Crippen molar-refractivity contribution < 1.29 is 64.4 Å². The van der Waals surface area contributed by atoms with Gasteiger partial charge < -0.3 is 4.55 Å². The molecule has 0 saturated heterocycles. The van der Waals surface area contributed by atoms with E-state index < -0.39 is 10.1 Å². The topological polar surface area (TPSA) is 57.2 Å². The Labute approximate surface area is 119 Å². The molecule has 56 valence electrons. The molecule has 0 aromatic carbocycles. The van der Waals surface area contributed by atoms with Crippen LogP contribution in [0, 0.1) is 0 Å². The number of rotatable bonds is 1. The maximum atomic E-state index is 10.3. The quantitative estimate of drug-likeness (QED) is 0.461. The Morgan fingerprint density at radius 2 is 2.00 bits per heavy atom. The SMILES string of the molecule is O=S(=O)([O-])c1ccc(Br)s1.[K+]. The Morgan fingerprint density at radius 3 is 2.18 bits per heavy atom. The number of halogens is 1. The maximum Gasteiger partial charge on any atom is 1.00 e. The monoisotopic (exact) mass is 280 g/mol. The fourth-order valence-corrected chi connectivity index (χ4v) is 2.79. The summed E-state index contributed by atoms with van der Waals surface area (Å²) in [5.74, 6) is 0. The van der Waals surface area contributed by atoms with Crippen LogP contribution in [0.3, 0.4) is 0 Å². The van der Waals surface area contributed by atoms with Crippen molar-refractivity contribution in [2.24, 2.45) is 0 Å². The number of hydrogen-bond donors (Lipinski definition) is 0. The van der Waals surface area contributed by atoms with E-state index in [2.05, 4.69) is 15.9 Å². The average molecular weight is 281 g/mol. The van der Waals surface area contributed by atoms with Gasteiger partial charge >= 0.3 is 51.4 Å². The molecule has 0 radical (unpaired) electrons. The van der Waals surface area contributed by atoms with Gasteiger partial charge in [-0.05, 0) is 28.1 Å². The van der Waals surface area contributed by atoms with Crippen LogP contribution in [0.4, 0.5) is 0 Å². The van der Waals surface area contributed by atoms with Gasteiger partial charge in [0.2, 0.25) is 0 Å². The van der Waals surface area contributed by atoms with Gasteiger partial charge in [0.05, 0.1) is 3.79 Å². The zero-order valence-electron chi connectivity index (χ0n) is 5.57. The second-order valence-electron chi connectivity index (χ2n) is 1.51. The summed E-state index contributed by atoms with van der Waals surface area (Å²) in [7, 11) is -4.24. The van der Waals surface area contributed by atoms with Gasteiger partial charge in [-0.25, -0.2) is 8.42 Å². The van der Waals surface area contributed by atoms with Crippen LogP contribution in [0.5, 0.6) is 0 Å². The third kappa shape index (κ3) is 3.97. The van der Waals surface area contributed by atoms with Crippen LogP contribution in [0.2, 0.25) is 0 Å². The molecule has 1 heterocycles. The first-order valence-electron chi connectivity index (χ1n) is 2.21. The molecule has 0 atom stereocenters. The molecule has 0 aliphatic carbocycles. The summed E-state index contributed by atoms with van der Waals surface area (Å²) in [6.45, 7) is 0. The molecule has 11 heavy (non-hydrogen) atoms. The molecule has 1 aromatic rings. The fraction of sp³-hybridized carbons (Fsp3) is 0. The average Bonchev–Trinajstić information content (AvgIpc) is 2.11. The first-order valence-corrected chi connectivity index (χ1v) is 5.23. The second-order valence-corrected chi connectivity index (χ2v) is 5.58. The van der Waals surface area contributed by atoms with Gasteiger partial charge in [-0.3, -0.25) is 0 Å². The predicted octanol–water partition coefficient (Wildman–Crippen LogP) is -1.58. The molecule has 0 saturated carbocycles. The summed E-state index contributed by atoms with van der Waals surface area (Å²) >= 11 is 3.95. The van der Waals surface area contributed by atoms with Gasteiger partial charge in [-0.15, -0.1) is 11.3 Å². The van der Waals surface area contributed by atoms with Gasteiger partial charge in [0.15, 0.2) is 0 Å². The molecule has 0 bridgehead atoms. The van der Waals surface area contributed by atoms with E-state index in [1.165, 1.54) is 12.1 Å². The molecule has 3 nitrogen and oxygen atoms in total. The van der Waals surface area contributed by atoms with Crippen molar-refractivity contribution in [3.05, 3.63) is 15.9 Å². The van der Waals surface area contributed by atoms with E-state index in [4.69, 9.17) is 0 Å². The largest absolute Gasteiger partial charge is 1.00 e. The van der Waals surface area contributed by atoms with Gasteiger partial charge in [-0.1, -0.05) is 0 Å². The van der Waals surface area contributed by atoms with E-state index in [9.17, 15) is 13.0 Å². The molecule has 1 aromatic heterocycles. The molecule has 0 fully saturated rings. The van der Waals surface area contributed by atoms with Crippen molar-refractivity contribution in [1.29, 1.82) is 0 Å². The molecule has 0 amide bonds. The fourth-order valence-electron chi connectivity index (χ4n) is 0.432. The van der Waals surface area contributed by atoms with Crippen molar-refractivity contribution in [3.8, 4) is 0 Å². The summed E-state index contributed by atoms with van der Waals surface area (Å²) < 4.78 is 31.3. The molecular weight excluding hydrogens is 279 g/mol. The van der Waals surface area contributed by atoms with Gasteiger partial charge in [0, 0.05) is 0 Å². The molecule has 7 heteroatoms.